The molecule has 1 aromatic heterocycles. The van der Waals surface area contributed by atoms with E-state index in [0.717, 1.165) is 30.3 Å². The number of thiazole rings is 1. The van der Waals surface area contributed by atoms with E-state index < -0.39 is 11.7 Å². The molecule has 2 heterocycles. The molecule has 2 aromatic rings. The third kappa shape index (κ3) is 3.53. The minimum absolute atomic E-state index is 0.316. The van der Waals surface area contributed by atoms with Gasteiger partial charge in [0.2, 0.25) is 0 Å². The van der Waals surface area contributed by atoms with Crippen LogP contribution in [0.5, 0.6) is 0 Å². The van der Waals surface area contributed by atoms with Crippen LogP contribution in [0.25, 0.3) is 11.3 Å². The lowest BCUT2D eigenvalue weighted by Gasteiger charge is -2.20. The summed E-state index contributed by atoms with van der Waals surface area (Å²) in [5, 5.41) is 0.0412. The molecular formula is C16H17ClF3N3S. The van der Waals surface area contributed by atoms with E-state index in [1.54, 1.807) is 6.07 Å². The van der Waals surface area contributed by atoms with E-state index in [-0.39, 0.29) is 5.02 Å². The molecule has 3 nitrogen and oxygen atoms in total. The summed E-state index contributed by atoms with van der Waals surface area (Å²) < 4.78 is 39.3. The summed E-state index contributed by atoms with van der Waals surface area (Å²) >= 11 is 7.03. The molecule has 0 radical (unpaired) electrons. The molecule has 0 aliphatic carbocycles. The minimum Gasteiger partial charge on any atom is -0.375 e. The summed E-state index contributed by atoms with van der Waals surface area (Å²) in [6, 6.07) is 4.32. The lowest BCUT2D eigenvalue weighted by molar-refractivity contribution is -0.137. The zero-order valence-electron chi connectivity index (χ0n) is 13.0. The number of benzene rings is 1. The number of aromatic nitrogens is 1. The Morgan fingerprint density at radius 3 is 2.79 bits per heavy atom. The van der Waals surface area contributed by atoms with Gasteiger partial charge in [0, 0.05) is 23.0 Å². The van der Waals surface area contributed by atoms with Gasteiger partial charge in [0.15, 0.2) is 5.13 Å². The molecule has 0 saturated carbocycles. The zero-order valence-corrected chi connectivity index (χ0v) is 14.6. The van der Waals surface area contributed by atoms with Crippen LogP contribution in [0.3, 0.4) is 0 Å². The van der Waals surface area contributed by atoms with Gasteiger partial charge >= 0.3 is 6.18 Å². The van der Waals surface area contributed by atoms with Crippen molar-refractivity contribution in [2.24, 2.45) is 0 Å². The molecule has 1 atom stereocenters. The van der Waals surface area contributed by atoms with Crippen LogP contribution in [0.15, 0.2) is 18.2 Å². The number of nitrogen functional groups attached to an aromatic ring is 1. The Morgan fingerprint density at radius 1 is 1.42 bits per heavy atom. The molecule has 3 rings (SSSR count). The second kappa shape index (κ2) is 6.54. The van der Waals surface area contributed by atoms with E-state index in [0.29, 0.717) is 29.0 Å². The van der Waals surface area contributed by atoms with Crippen LogP contribution < -0.4 is 5.73 Å². The van der Waals surface area contributed by atoms with Crippen LogP contribution in [-0.4, -0.2) is 22.5 Å². The quantitative estimate of drug-likeness (QED) is 0.816. The summed E-state index contributed by atoms with van der Waals surface area (Å²) in [6.07, 6.45) is -2.25. The van der Waals surface area contributed by atoms with E-state index >= 15 is 0 Å². The Balaban J connectivity index is 1.98. The number of halogens is 4. The summed E-state index contributed by atoms with van der Waals surface area (Å²) in [6.45, 7) is 3.78. The third-order valence-electron chi connectivity index (χ3n) is 4.30. The topological polar surface area (TPSA) is 42.1 Å². The fourth-order valence-corrected chi connectivity index (χ4v) is 4.11. The van der Waals surface area contributed by atoms with Crippen molar-refractivity contribution >= 4 is 28.1 Å². The second-order valence-corrected chi connectivity index (χ2v) is 7.50. The van der Waals surface area contributed by atoms with Gasteiger partial charge in [0.05, 0.1) is 16.3 Å². The summed E-state index contributed by atoms with van der Waals surface area (Å²) in [5.41, 5.74) is 5.87. The van der Waals surface area contributed by atoms with Crippen molar-refractivity contribution in [2.75, 3.05) is 12.3 Å². The maximum absolute atomic E-state index is 13.1. The summed E-state index contributed by atoms with van der Waals surface area (Å²) in [4.78, 5) is 7.45. The Kier molecular flexibility index (Phi) is 4.77. The number of anilines is 1. The molecule has 130 valence electrons. The fraction of sp³-hybridized carbons (Fsp3) is 0.438. The Labute approximate surface area is 147 Å². The molecule has 1 unspecified atom stereocenters. The third-order valence-corrected chi connectivity index (χ3v) is 5.50. The maximum atomic E-state index is 13.1. The van der Waals surface area contributed by atoms with E-state index in [4.69, 9.17) is 17.3 Å². The highest BCUT2D eigenvalue weighted by Gasteiger charge is 2.34. The molecule has 1 aromatic carbocycles. The van der Waals surface area contributed by atoms with Crippen LogP contribution in [0.4, 0.5) is 18.3 Å². The van der Waals surface area contributed by atoms with Crippen LogP contribution in [0.2, 0.25) is 5.02 Å². The molecule has 0 spiro atoms. The van der Waals surface area contributed by atoms with Crippen LogP contribution >= 0.6 is 22.9 Å². The monoisotopic (exact) mass is 375 g/mol. The molecular weight excluding hydrogens is 359 g/mol. The first-order valence-corrected chi connectivity index (χ1v) is 8.81. The predicted octanol–water partition coefficient (Wildman–Crippen LogP) is 5.05. The van der Waals surface area contributed by atoms with Crippen molar-refractivity contribution in [3.63, 3.8) is 0 Å². The molecule has 1 aliphatic rings. The van der Waals surface area contributed by atoms with Gasteiger partial charge in [-0.3, -0.25) is 4.90 Å². The number of rotatable bonds is 3. The number of nitrogens with zero attached hydrogens (tertiary/aromatic N) is 2. The molecule has 2 N–H and O–H groups in total. The van der Waals surface area contributed by atoms with Gasteiger partial charge in [-0.25, -0.2) is 4.98 Å². The van der Waals surface area contributed by atoms with Crippen LogP contribution in [0, 0.1) is 0 Å². The van der Waals surface area contributed by atoms with Crippen molar-refractivity contribution in [3.8, 4) is 11.3 Å². The van der Waals surface area contributed by atoms with E-state index in [9.17, 15) is 13.2 Å². The Morgan fingerprint density at radius 2 is 2.17 bits per heavy atom. The van der Waals surface area contributed by atoms with Crippen molar-refractivity contribution in [2.45, 2.75) is 38.5 Å². The first-order chi connectivity index (χ1) is 11.3. The average Bonchev–Trinajstić information content (AvgIpc) is 3.05. The molecule has 24 heavy (non-hydrogen) atoms. The number of alkyl halides is 3. The van der Waals surface area contributed by atoms with E-state index in [2.05, 4.69) is 16.8 Å². The van der Waals surface area contributed by atoms with Crippen molar-refractivity contribution in [3.05, 3.63) is 33.7 Å². The van der Waals surface area contributed by atoms with Gasteiger partial charge in [0.1, 0.15) is 0 Å². The zero-order chi connectivity index (χ0) is 17.5. The number of nitrogens with two attached hydrogens (primary N) is 1. The van der Waals surface area contributed by atoms with Gasteiger partial charge in [-0.1, -0.05) is 17.7 Å². The lowest BCUT2D eigenvalue weighted by atomic mass is 10.1. The van der Waals surface area contributed by atoms with Crippen molar-refractivity contribution in [1.29, 1.82) is 0 Å². The molecule has 0 amide bonds. The average molecular weight is 376 g/mol. The van der Waals surface area contributed by atoms with E-state index in [1.807, 2.05) is 0 Å². The smallest absolute Gasteiger partial charge is 0.375 e. The number of hydrogen-bond donors (Lipinski definition) is 1. The molecule has 1 aliphatic heterocycles. The largest absolute Gasteiger partial charge is 0.417 e. The van der Waals surface area contributed by atoms with Gasteiger partial charge in [-0.2, -0.15) is 13.2 Å². The van der Waals surface area contributed by atoms with Crippen molar-refractivity contribution < 1.29 is 13.2 Å². The molecule has 0 bridgehead atoms. The maximum Gasteiger partial charge on any atom is 0.417 e. The Bertz CT molecular complexity index is 745. The minimum atomic E-state index is -4.50. The van der Waals surface area contributed by atoms with Gasteiger partial charge < -0.3 is 5.73 Å². The molecule has 8 heteroatoms. The molecule has 1 fully saturated rings. The van der Waals surface area contributed by atoms with Gasteiger partial charge in [-0.15, -0.1) is 11.3 Å². The van der Waals surface area contributed by atoms with E-state index in [1.165, 1.54) is 17.4 Å². The lowest BCUT2D eigenvalue weighted by Crippen LogP contribution is -2.25. The standard InChI is InChI=1S/C16H17ClF3N3S/c1-9-3-2-6-23(9)8-13-14(22-15(21)24-13)10-4-5-12(17)11(7-10)16(18,19)20/h4-5,7,9H,2-3,6,8H2,1H3,(H2,21,22). The first-order valence-electron chi connectivity index (χ1n) is 7.62. The number of likely N-dealkylation sites (tertiary alicyclic amines) is 1. The van der Waals surface area contributed by atoms with Gasteiger partial charge in [-0.05, 0) is 38.4 Å². The van der Waals surface area contributed by atoms with Crippen LogP contribution in [-0.2, 0) is 12.7 Å². The number of hydrogen-bond acceptors (Lipinski definition) is 4. The Hall–Kier alpha value is -1.31. The van der Waals surface area contributed by atoms with Gasteiger partial charge in [0.25, 0.3) is 0 Å². The highest BCUT2D eigenvalue weighted by atomic mass is 35.5. The van der Waals surface area contributed by atoms with Crippen LogP contribution in [0.1, 0.15) is 30.2 Å². The summed E-state index contributed by atoms with van der Waals surface area (Å²) in [7, 11) is 0. The second-order valence-electron chi connectivity index (χ2n) is 5.98. The predicted molar refractivity (Wildman–Crippen MR) is 91.1 cm³/mol. The highest BCUT2D eigenvalue weighted by Crippen LogP contribution is 2.39. The highest BCUT2D eigenvalue weighted by molar-refractivity contribution is 7.15. The van der Waals surface area contributed by atoms with Crippen molar-refractivity contribution in [1.82, 2.24) is 9.88 Å². The fourth-order valence-electron chi connectivity index (χ4n) is 3.00. The SMILES string of the molecule is CC1CCCN1Cc1sc(N)nc1-c1ccc(Cl)c(C(F)(F)F)c1. The summed E-state index contributed by atoms with van der Waals surface area (Å²) in [5.74, 6) is 0. The normalized spacial score (nSPS) is 19.1. The molecule has 1 saturated heterocycles. The first kappa shape index (κ1) is 17.5.